The standard InChI is InChI=1S/C21H28N4O4S/c1-4-8-24(17-7-10-30(27,28)14-17)13-20(26)23-21-19(11-22)15(2)16(3)25(21)12-18-6-5-9-29-18/h5-6,9,17H,4,7-8,10,12-14H2,1-3H3,(H,23,26). The molecule has 9 heteroatoms. The van der Waals surface area contributed by atoms with E-state index in [1.807, 2.05) is 36.3 Å². The van der Waals surface area contributed by atoms with Gasteiger partial charge in [0.1, 0.15) is 17.6 Å². The molecule has 3 rings (SSSR count). The average Bonchev–Trinajstić information content (AvgIpc) is 3.38. The van der Waals surface area contributed by atoms with E-state index >= 15 is 0 Å². The number of carbonyl (C=O) groups is 1. The van der Waals surface area contributed by atoms with Crippen LogP contribution < -0.4 is 5.32 Å². The van der Waals surface area contributed by atoms with Gasteiger partial charge in [0, 0.05) is 11.7 Å². The van der Waals surface area contributed by atoms with Crippen molar-refractivity contribution in [3.8, 4) is 6.07 Å². The molecule has 0 spiro atoms. The molecule has 1 atom stereocenters. The number of amides is 1. The van der Waals surface area contributed by atoms with Crippen molar-refractivity contribution in [1.82, 2.24) is 9.47 Å². The molecular weight excluding hydrogens is 404 g/mol. The number of sulfone groups is 1. The lowest BCUT2D eigenvalue weighted by Crippen LogP contribution is -2.42. The van der Waals surface area contributed by atoms with Gasteiger partial charge >= 0.3 is 0 Å². The van der Waals surface area contributed by atoms with E-state index in [4.69, 9.17) is 4.42 Å². The van der Waals surface area contributed by atoms with E-state index in [0.29, 0.717) is 30.9 Å². The van der Waals surface area contributed by atoms with Crippen LogP contribution in [0.1, 0.15) is 42.3 Å². The summed E-state index contributed by atoms with van der Waals surface area (Å²) in [5, 5.41) is 12.6. The van der Waals surface area contributed by atoms with Gasteiger partial charge in [0.15, 0.2) is 9.84 Å². The van der Waals surface area contributed by atoms with Gasteiger partial charge in [-0.1, -0.05) is 6.92 Å². The summed E-state index contributed by atoms with van der Waals surface area (Å²) < 4.78 is 31.0. The zero-order valence-corrected chi connectivity index (χ0v) is 18.5. The highest BCUT2D eigenvalue weighted by Gasteiger charge is 2.33. The highest BCUT2D eigenvalue weighted by Crippen LogP contribution is 2.27. The molecule has 1 saturated heterocycles. The number of nitriles is 1. The largest absolute Gasteiger partial charge is 0.467 e. The Hall–Kier alpha value is -2.57. The molecule has 1 unspecified atom stereocenters. The molecule has 0 saturated carbocycles. The van der Waals surface area contributed by atoms with Crippen molar-refractivity contribution in [2.45, 2.75) is 46.2 Å². The second-order valence-electron chi connectivity index (χ2n) is 7.79. The maximum absolute atomic E-state index is 12.9. The van der Waals surface area contributed by atoms with Gasteiger partial charge in [0.05, 0.1) is 36.4 Å². The Kier molecular flexibility index (Phi) is 6.68. The van der Waals surface area contributed by atoms with Gasteiger partial charge in [-0.25, -0.2) is 8.42 Å². The molecule has 3 heterocycles. The lowest BCUT2D eigenvalue weighted by Gasteiger charge is -2.27. The Morgan fingerprint density at radius 1 is 1.43 bits per heavy atom. The van der Waals surface area contributed by atoms with Crippen LogP contribution in [0.5, 0.6) is 0 Å². The van der Waals surface area contributed by atoms with Gasteiger partial charge < -0.3 is 14.3 Å². The second kappa shape index (κ2) is 9.06. The molecule has 1 N–H and O–H groups in total. The summed E-state index contributed by atoms with van der Waals surface area (Å²) in [5.74, 6) is 1.17. The highest BCUT2D eigenvalue weighted by atomic mass is 32.2. The number of carbonyl (C=O) groups excluding carboxylic acids is 1. The van der Waals surface area contributed by atoms with E-state index in [1.165, 1.54) is 0 Å². The van der Waals surface area contributed by atoms with Crippen molar-refractivity contribution in [3.05, 3.63) is 41.0 Å². The molecule has 2 aromatic rings. The first-order valence-corrected chi connectivity index (χ1v) is 11.9. The van der Waals surface area contributed by atoms with Crippen LogP contribution in [-0.4, -0.2) is 54.4 Å². The summed E-state index contributed by atoms with van der Waals surface area (Å²) >= 11 is 0. The Labute approximate surface area is 177 Å². The first-order chi connectivity index (χ1) is 14.3. The van der Waals surface area contributed by atoms with Gasteiger partial charge in [0.25, 0.3) is 0 Å². The molecule has 1 amide bonds. The first kappa shape index (κ1) is 22.1. The van der Waals surface area contributed by atoms with Crippen molar-refractivity contribution in [1.29, 1.82) is 5.26 Å². The molecule has 30 heavy (non-hydrogen) atoms. The Bertz CT molecular complexity index is 1050. The van der Waals surface area contributed by atoms with Crippen LogP contribution in [0.15, 0.2) is 22.8 Å². The van der Waals surface area contributed by atoms with E-state index in [2.05, 4.69) is 11.4 Å². The van der Waals surface area contributed by atoms with Crippen LogP contribution in [0.4, 0.5) is 5.82 Å². The Morgan fingerprint density at radius 2 is 2.20 bits per heavy atom. The number of furan rings is 1. The number of hydrogen-bond donors (Lipinski definition) is 1. The minimum absolute atomic E-state index is 0.0862. The topological polar surface area (TPSA) is 108 Å². The number of nitrogens with one attached hydrogen (secondary N) is 1. The van der Waals surface area contributed by atoms with Gasteiger partial charge in [0.2, 0.25) is 5.91 Å². The third-order valence-corrected chi connectivity index (χ3v) is 7.43. The van der Waals surface area contributed by atoms with Gasteiger partial charge in [-0.3, -0.25) is 9.69 Å². The molecule has 2 aromatic heterocycles. The van der Waals surface area contributed by atoms with E-state index in [9.17, 15) is 18.5 Å². The van der Waals surface area contributed by atoms with E-state index in [1.54, 1.807) is 12.3 Å². The van der Waals surface area contributed by atoms with Crippen LogP contribution in [0.3, 0.4) is 0 Å². The predicted octanol–water partition coefficient (Wildman–Crippen LogP) is 2.46. The fraction of sp³-hybridized carbons (Fsp3) is 0.524. The molecular formula is C21H28N4O4S. The fourth-order valence-electron chi connectivity index (χ4n) is 3.98. The monoisotopic (exact) mass is 432 g/mol. The lowest BCUT2D eigenvalue weighted by molar-refractivity contribution is -0.117. The molecule has 8 nitrogen and oxygen atoms in total. The number of hydrogen-bond acceptors (Lipinski definition) is 6. The third kappa shape index (κ3) is 4.77. The number of aromatic nitrogens is 1. The van der Waals surface area contributed by atoms with E-state index in [-0.39, 0.29) is 30.0 Å². The molecule has 162 valence electrons. The smallest absolute Gasteiger partial charge is 0.239 e. The van der Waals surface area contributed by atoms with Gasteiger partial charge in [-0.05, 0) is 50.9 Å². The molecule has 0 aromatic carbocycles. The van der Waals surface area contributed by atoms with Crippen LogP contribution in [0.2, 0.25) is 0 Å². The molecule has 0 radical (unpaired) electrons. The Morgan fingerprint density at radius 3 is 2.77 bits per heavy atom. The maximum atomic E-state index is 12.9. The summed E-state index contributed by atoms with van der Waals surface area (Å²) in [7, 11) is -3.03. The molecule has 0 aliphatic carbocycles. The summed E-state index contributed by atoms with van der Waals surface area (Å²) in [5.41, 5.74) is 2.12. The van der Waals surface area contributed by atoms with E-state index < -0.39 is 9.84 Å². The normalized spacial score (nSPS) is 17.9. The van der Waals surface area contributed by atoms with Crippen LogP contribution in [0, 0.1) is 25.2 Å². The third-order valence-electron chi connectivity index (χ3n) is 5.68. The molecule has 1 aliphatic rings. The van der Waals surface area contributed by atoms with Crippen molar-refractivity contribution in [2.24, 2.45) is 0 Å². The fourth-order valence-corrected chi connectivity index (χ4v) is 5.75. The zero-order valence-electron chi connectivity index (χ0n) is 17.6. The van der Waals surface area contributed by atoms with Gasteiger partial charge in [-0.15, -0.1) is 0 Å². The van der Waals surface area contributed by atoms with Gasteiger partial charge in [-0.2, -0.15) is 5.26 Å². The number of nitrogens with zero attached hydrogens (tertiary/aromatic N) is 3. The lowest BCUT2D eigenvalue weighted by atomic mass is 10.2. The van der Waals surface area contributed by atoms with E-state index in [0.717, 1.165) is 23.4 Å². The molecule has 1 aliphatic heterocycles. The van der Waals surface area contributed by atoms with Crippen LogP contribution >= 0.6 is 0 Å². The van der Waals surface area contributed by atoms with Crippen molar-refractivity contribution >= 4 is 21.6 Å². The summed E-state index contributed by atoms with van der Waals surface area (Å²) in [6.45, 7) is 6.89. The number of anilines is 1. The summed E-state index contributed by atoms with van der Waals surface area (Å²) in [4.78, 5) is 14.8. The van der Waals surface area contributed by atoms with Crippen molar-refractivity contribution in [3.63, 3.8) is 0 Å². The summed E-state index contributed by atoms with van der Waals surface area (Å²) in [6, 6.07) is 5.69. The quantitative estimate of drug-likeness (QED) is 0.686. The minimum atomic E-state index is -3.03. The average molecular weight is 433 g/mol. The number of rotatable bonds is 8. The van der Waals surface area contributed by atoms with Crippen molar-refractivity contribution < 1.29 is 17.6 Å². The first-order valence-electron chi connectivity index (χ1n) is 10.1. The van der Waals surface area contributed by atoms with Crippen LogP contribution in [0.25, 0.3) is 0 Å². The zero-order chi connectivity index (χ0) is 21.9. The van der Waals surface area contributed by atoms with Crippen LogP contribution in [-0.2, 0) is 21.2 Å². The molecule has 0 bridgehead atoms. The maximum Gasteiger partial charge on any atom is 0.239 e. The Balaban J connectivity index is 1.81. The van der Waals surface area contributed by atoms with Crippen molar-refractivity contribution in [2.75, 3.05) is 29.9 Å². The second-order valence-corrected chi connectivity index (χ2v) is 10.0. The minimum Gasteiger partial charge on any atom is -0.467 e. The molecule has 1 fully saturated rings. The SMILES string of the molecule is CCCN(CC(=O)Nc1c(C#N)c(C)c(C)n1Cc1ccco1)C1CCS(=O)(=O)C1. The predicted molar refractivity (Wildman–Crippen MR) is 114 cm³/mol. The highest BCUT2D eigenvalue weighted by molar-refractivity contribution is 7.91. The summed E-state index contributed by atoms with van der Waals surface area (Å²) in [6.07, 6.45) is 2.95.